The van der Waals surface area contributed by atoms with Crippen LogP contribution in [0.15, 0.2) is 52.1 Å². The summed E-state index contributed by atoms with van der Waals surface area (Å²) in [6, 6.07) is 11.9. The van der Waals surface area contributed by atoms with Gasteiger partial charge in [-0.25, -0.2) is 4.39 Å². The average molecular weight is 382 g/mol. The van der Waals surface area contributed by atoms with Crippen molar-refractivity contribution in [2.75, 3.05) is 0 Å². The molecule has 0 spiro atoms. The van der Waals surface area contributed by atoms with Crippen LogP contribution in [0.4, 0.5) is 4.39 Å². The van der Waals surface area contributed by atoms with Crippen LogP contribution < -0.4 is 0 Å². The number of tetrazole rings is 1. The number of hydrogen-bond donors (Lipinski definition) is 0. The zero-order chi connectivity index (χ0) is 18.8. The molecule has 0 aliphatic heterocycles. The second-order valence-electron chi connectivity index (χ2n) is 5.93. The van der Waals surface area contributed by atoms with Gasteiger partial charge in [0.1, 0.15) is 5.82 Å². The third-order valence-corrected chi connectivity index (χ3v) is 4.90. The Hall–Kier alpha value is -3.07. The van der Waals surface area contributed by atoms with Crippen LogP contribution in [0, 0.1) is 19.7 Å². The molecule has 4 rings (SSSR count). The minimum atomic E-state index is -0.313. The highest BCUT2D eigenvalue weighted by atomic mass is 32.2. The summed E-state index contributed by atoms with van der Waals surface area (Å²) >= 11 is 1.41. The maximum absolute atomic E-state index is 13.0. The van der Waals surface area contributed by atoms with Crippen molar-refractivity contribution >= 4 is 11.8 Å². The number of nitrogens with zero attached hydrogens (tertiary/aromatic N) is 6. The Bertz CT molecular complexity index is 1060. The molecule has 2 aromatic carbocycles. The average Bonchev–Trinajstić information content (AvgIpc) is 3.30. The van der Waals surface area contributed by atoms with Gasteiger partial charge in [-0.2, -0.15) is 9.67 Å². The summed E-state index contributed by atoms with van der Waals surface area (Å²) in [4.78, 5) is 4.35. The van der Waals surface area contributed by atoms with E-state index in [0.29, 0.717) is 28.2 Å². The number of hydrogen-bond acceptors (Lipinski definition) is 7. The van der Waals surface area contributed by atoms with Crippen LogP contribution in [0.2, 0.25) is 0 Å². The van der Waals surface area contributed by atoms with Gasteiger partial charge in [-0.1, -0.05) is 35.1 Å². The summed E-state index contributed by atoms with van der Waals surface area (Å²) in [5.74, 6) is 0.985. The molecule has 9 heteroatoms. The van der Waals surface area contributed by atoms with E-state index in [2.05, 4.69) is 25.7 Å². The minimum absolute atomic E-state index is 0.313. The smallest absolute Gasteiger partial charge is 0.257 e. The standard InChI is InChI=1S/C18H15FN6OS/c1-11-4-3-5-12(2)16(11)25-18(21-23-24-25)27-10-15-20-17(26-22-15)13-6-8-14(19)9-7-13/h3-9H,10H2,1-2H3. The van der Waals surface area contributed by atoms with Gasteiger partial charge in [-0.15, -0.1) is 5.10 Å². The van der Waals surface area contributed by atoms with Gasteiger partial charge in [0.15, 0.2) is 5.82 Å². The number of rotatable bonds is 5. The molecule has 136 valence electrons. The summed E-state index contributed by atoms with van der Waals surface area (Å²) in [5.41, 5.74) is 3.80. The van der Waals surface area contributed by atoms with Crippen LogP contribution >= 0.6 is 11.8 Å². The predicted octanol–water partition coefficient (Wildman–Crippen LogP) is 3.76. The van der Waals surface area contributed by atoms with Crippen molar-refractivity contribution in [3.05, 3.63) is 65.2 Å². The highest BCUT2D eigenvalue weighted by Crippen LogP contribution is 2.26. The van der Waals surface area contributed by atoms with Gasteiger partial charge in [-0.3, -0.25) is 0 Å². The van der Waals surface area contributed by atoms with Crippen LogP contribution in [0.1, 0.15) is 17.0 Å². The minimum Gasteiger partial charge on any atom is -0.334 e. The van der Waals surface area contributed by atoms with E-state index in [0.717, 1.165) is 16.8 Å². The first kappa shape index (κ1) is 17.3. The van der Waals surface area contributed by atoms with Crippen molar-refractivity contribution < 1.29 is 8.91 Å². The van der Waals surface area contributed by atoms with Crippen LogP contribution in [-0.2, 0) is 5.75 Å². The number of halogens is 1. The van der Waals surface area contributed by atoms with Crippen LogP contribution in [0.5, 0.6) is 0 Å². The molecule has 0 aliphatic rings. The highest BCUT2D eigenvalue weighted by molar-refractivity contribution is 7.98. The zero-order valence-electron chi connectivity index (χ0n) is 14.6. The van der Waals surface area contributed by atoms with Gasteiger partial charge in [0.2, 0.25) is 5.16 Å². The third kappa shape index (κ3) is 3.59. The molecule has 0 atom stereocenters. The molecule has 0 saturated heterocycles. The maximum atomic E-state index is 13.0. The first-order valence-corrected chi connectivity index (χ1v) is 9.16. The van der Waals surface area contributed by atoms with Gasteiger partial charge < -0.3 is 4.52 Å². The summed E-state index contributed by atoms with van der Waals surface area (Å²) < 4.78 is 20.0. The van der Waals surface area contributed by atoms with Crippen molar-refractivity contribution in [1.82, 2.24) is 30.3 Å². The lowest BCUT2D eigenvalue weighted by Gasteiger charge is -2.09. The van der Waals surface area contributed by atoms with E-state index < -0.39 is 0 Å². The van der Waals surface area contributed by atoms with Crippen LogP contribution in [-0.4, -0.2) is 30.3 Å². The van der Waals surface area contributed by atoms with Crippen LogP contribution in [0.3, 0.4) is 0 Å². The molecular weight excluding hydrogens is 367 g/mol. The fourth-order valence-electron chi connectivity index (χ4n) is 2.70. The highest BCUT2D eigenvalue weighted by Gasteiger charge is 2.15. The molecule has 2 aromatic heterocycles. The molecule has 7 nitrogen and oxygen atoms in total. The summed E-state index contributed by atoms with van der Waals surface area (Å²) in [7, 11) is 0. The molecule has 4 aromatic rings. The first-order valence-electron chi connectivity index (χ1n) is 8.18. The van der Waals surface area contributed by atoms with Crippen LogP contribution in [0.25, 0.3) is 17.1 Å². The van der Waals surface area contributed by atoms with Crippen molar-refractivity contribution in [3.8, 4) is 17.1 Å². The number of benzene rings is 2. The summed E-state index contributed by atoms with van der Waals surface area (Å²) in [5, 5.41) is 16.6. The quantitative estimate of drug-likeness (QED) is 0.486. The lowest BCUT2D eigenvalue weighted by atomic mass is 10.1. The molecule has 0 radical (unpaired) electrons. The Morgan fingerprint density at radius 2 is 1.81 bits per heavy atom. The summed E-state index contributed by atoms with van der Waals surface area (Å²) in [6.07, 6.45) is 0. The van der Waals surface area contributed by atoms with Gasteiger partial charge in [0, 0.05) is 5.56 Å². The number of aryl methyl sites for hydroxylation is 2. The SMILES string of the molecule is Cc1cccc(C)c1-n1nnnc1SCc1noc(-c2ccc(F)cc2)n1. The summed E-state index contributed by atoms with van der Waals surface area (Å²) in [6.45, 7) is 4.04. The number of thioether (sulfide) groups is 1. The molecule has 0 saturated carbocycles. The number of para-hydroxylation sites is 1. The second kappa shape index (κ2) is 7.28. The van der Waals surface area contributed by atoms with E-state index in [1.54, 1.807) is 16.8 Å². The molecule has 0 aliphatic carbocycles. The fraction of sp³-hybridized carbons (Fsp3) is 0.167. The third-order valence-electron chi connectivity index (χ3n) is 3.98. The van der Waals surface area contributed by atoms with Gasteiger partial charge in [0.05, 0.1) is 11.4 Å². The van der Waals surface area contributed by atoms with Crippen molar-refractivity contribution in [2.24, 2.45) is 0 Å². The Balaban J connectivity index is 1.52. The van der Waals surface area contributed by atoms with E-state index in [1.807, 2.05) is 32.0 Å². The molecule has 0 amide bonds. The van der Waals surface area contributed by atoms with Gasteiger partial charge in [-0.05, 0) is 59.7 Å². The molecule has 27 heavy (non-hydrogen) atoms. The first-order chi connectivity index (χ1) is 13.1. The fourth-order valence-corrected chi connectivity index (χ4v) is 3.42. The van der Waals surface area contributed by atoms with E-state index in [1.165, 1.54) is 23.9 Å². The Kier molecular flexibility index (Phi) is 4.68. The Morgan fingerprint density at radius 3 is 2.56 bits per heavy atom. The molecule has 0 bridgehead atoms. The van der Waals surface area contributed by atoms with E-state index >= 15 is 0 Å². The molecule has 0 fully saturated rings. The zero-order valence-corrected chi connectivity index (χ0v) is 15.4. The molecule has 0 unspecified atom stereocenters. The van der Waals surface area contributed by atoms with Crippen molar-refractivity contribution in [3.63, 3.8) is 0 Å². The van der Waals surface area contributed by atoms with Gasteiger partial charge in [0.25, 0.3) is 5.89 Å². The van der Waals surface area contributed by atoms with E-state index in [-0.39, 0.29) is 5.82 Å². The molecular formula is C18H15FN6OS. The lowest BCUT2D eigenvalue weighted by Crippen LogP contribution is -2.04. The van der Waals surface area contributed by atoms with E-state index in [4.69, 9.17) is 4.52 Å². The largest absolute Gasteiger partial charge is 0.334 e. The predicted molar refractivity (Wildman–Crippen MR) is 97.9 cm³/mol. The maximum Gasteiger partial charge on any atom is 0.257 e. The molecule has 0 N–H and O–H groups in total. The Labute approximate surface area is 158 Å². The second-order valence-corrected chi connectivity index (χ2v) is 6.87. The van der Waals surface area contributed by atoms with Crippen molar-refractivity contribution in [1.29, 1.82) is 0 Å². The molecule has 2 heterocycles. The Morgan fingerprint density at radius 1 is 1.07 bits per heavy atom. The van der Waals surface area contributed by atoms with Gasteiger partial charge >= 0.3 is 0 Å². The van der Waals surface area contributed by atoms with E-state index in [9.17, 15) is 4.39 Å². The normalized spacial score (nSPS) is 11.1. The lowest BCUT2D eigenvalue weighted by molar-refractivity contribution is 0.425. The number of aromatic nitrogens is 6. The monoisotopic (exact) mass is 382 g/mol. The topological polar surface area (TPSA) is 82.5 Å². The van der Waals surface area contributed by atoms with Crippen molar-refractivity contribution in [2.45, 2.75) is 24.8 Å².